The number of hydrogen-bond donors (Lipinski definition) is 2. The first-order valence-corrected chi connectivity index (χ1v) is 11.0. The van der Waals surface area contributed by atoms with Gasteiger partial charge in [-0.05, 0) is 39.0 Å². The lowest BCUT2D eigenvalue weighted by Crippen LogP contribution is -2.65. The Labute approximate surface area is 182 Å². The highest BCUT2D eigenvalue weighted by Gasteiger charge is 2.63. The number of nitrogens with one attached hydrogen (secondary N) is 1. The van der Waals surface area contributed by atoms with Crippen LogP contribution in [0.1, 0.15) is 39.5 Å². The molecule has 0 aromatic heterocycles. The van der Waals surface area contributed by atoms with Gasteiger partial charge in [0.2, 0.25) is 0 Å². The summed E-state index contributed by atoms with van der Waals surface area (Å²) in [4.78, 5) is 36.7. The minimum Gasteiger partial charge on any atom is -0.480 e. The molecule has 3 fully saturated rings. The van der Waals surface area contributed by atoms with Crippen LogP contribution in [-0.4, -0.2) is 87.3 Å². The number of halogens is 1. The summed E-state index contributed by atoms with van der Waals surface area (Å²) in [6.07, 6.45) is 6.31. The van der Waals surface area contributed by atoms with Gasteiger partial charge in [-0.2, -0.15) is 0 Å². The highest BCUT2D eigenvalue weighted by Crippen LogP contribution is 2.51. The first kappa shape index (κ1) is 22.2. The lowest BCUT2D eigenvalue weighted by molar-refractivity contribution is -0.158. The Hall–Kier alpha value is -1.48. The molecule has 4 rings (SSSR count). The van der Waals surface area contributed by atoms with Gasteiger partial charge in [0.05, 0.1) is 18.7 Å². The zero-order chi connectivity index (χ0) is 19.9. The fourth-order valence-corrected chi connectivity index (χ4v) is 6.23. The smallest absolute Gasteiger partial charge is 0.327 e. The Kier molecular flexibility index (Phi) is 6.67. The molecule has 0 aromatic carbocycles. The maximum absolute atomic E-state index is 12.5. The monoisotopic (exact) mass is 443 g/mol. The largest absolute Gasteiger partial charge is 0.480 e. The highest BCUT2D eigenvalue weighted by molar-refractivity contribution is 8.01. The summed E-state index contributed by atoms with van der Waals surface area (Å²) in [6, 6.07) is -1.21. The summed E-state index contributed by atoms with van der Waals surface area (Å²) >= 11 is 1.55. The molecule has 3 atom stereocenters. The second kappa shape index (κ2) is 8.71. The Morgan fingerprint density at radius 2 is 2.14 bits per heavy atom. The first-order chi connectivity index (χ1) is 13.4. The number of carboxylic acids is 1. The molecule has 0 spiro atoms. The first-order valence-electron chi connectivity index (χ1n) is 10.1. The molecule has 8 nitrogen and oxygen atoms in total. The van der Waals surface area contributed by atoms with Crippen LogP contribution in [-0.2, 0) is 9.59 Å². The van der Waals surface area contributed by atoms with Crippen LogP contribution in [0.2, 0.25) is 0 Å². The fraction of sp³-hybridized carbons (Fsp3) is 0.789. The normalized spacial score (nSPS) is 31.2. The van der Waals surface area contributed by atoms with Gasteiger partial charge in [-0.3, -0.25) is 14.8 Å². The van der Waals surface area contributed by atoms with Crippen molar-refractivity contribution < 1.29 is 14.7 Å². The Bertz CT molecular complexity index is 708. The Morgan fingerprint density at radius 1 is 1.41 bits per heavy atom. The third-order valence-corrected chi connectivity index (χ3v) is 7.78. The molecule has 10 heteroatoms. The van der Waals surface area contributed by atoms with Crippen molar-refractivity contribution in [2.24, 2.45) is 15.9 Å². The molecule has 2 N–H and O–H groups in total. The van der Waals surface area contributed by atoms with Crippen LogP contribution < -0.4 is 5.32 Å². The second-order valence-corrected chi connectivity index (χ2v) is 10.4. The summed E-state index contributed by atoms with van der Waals surface area (Å²) < 4.78 is -0.493. The number of fused-ring (bicyclic) bond motifs is 1. The van der Waals surface area contributed by atoms with Crippen LogP contribution in [0.3, 0.4) is 0 Å². The van der Waals surface area contributed by atoms with Gasteiger partial charge in [0.1, 0.15) is 11.4 Å². The van der Waals surface area contributed by atoms with E-state index in [4.69, 9.17) is 0 Å². The number of carboxylic acid groups (broad SMARTS) is 1. The van der Waals surface area contributed by atoms with E-state index in [2.05, 4.69) is 20.2 Å². The molecular formula is C19H30ClN5O3S. The van der Waals surface area contributed by atoms with Crippen LogP contribution in [0, 0.1) is 5.92 Å². The minimum absolute atomic E-state index is 0. The van der Waals surface area contributed by atoms with Gasteiger partial charge >= 0.3 is 5.97 Å². The van der Waals surface area contributed by atoms with E-state index in [1.807, 2.05) is 20.2 Å². The predicted octanol–water partition coefficient (Wildman–Crippen LogP) is 1.45. The summed E-state index contributed by atoms with van der Waals surface area (Å²) in [5, 5.41) is 12.7. The van der Waals surface area contributed by atoms with Crippen molar-refractivity contribution in [2.45, 2.75) is 61.7 Å². The van der Waals surface area contributed by atoms with Gasteiger partial charge in [-0.25, -0.2) is 4.79 Å². The van der Waals surface area contributed by atoms with Gasteiger partial charge in [-0.1, -0.05) is 0 Å². The molecule has 0 radical (unpaired) electrons. The van der Waals surface area contributed by atoms with Crippen LogP contribution in [0.4, 0.5) is 0 Å². The lowest BCUT2D eigenvalue weighted by atomic mass is 9.92. The average Bonchev–Trinajstić information content (AvgIpc) is 3.25. The highest BCUT2D eigenvalue weighted by atomic mass is 35.5. The van der Waals surface area contributed by atoms with E-state index in [0.717, 1.165) is 57.2 Å². The maximum atomic E-state index is 12.5. The number of aliphatic carboxylic acids is 1. The van der Waals surface area contributed by atoms with Gasteiger partial charge in [0.25, 0.3) is 5.91 Å². The molecule has 0 aliphatic carbocycles. The zero-order valence-corrected chi connectivity index (χ0v) is 18.5. The average molecular weight is 444 g/mol. The number of nitrogens with zero attached hydrogens (tertiary/aromatic N) is 4. The molecule has 4 heterocycles. The number of likely N-dealkylation sites (tertiary alicyclic amines) is 1. The molecule has 3 saturated heterocycles. The number of hydrogen-bond acceptors (Lipinski definition) is 6. The summed E-state index contributed by atoms with van der Waals surface area (Å²) in [7, 11) is 0. The van der Waals surface area contributed by atoms with Crippen molar-refractivity contribution in [3.05, 3.63) is 0 Å². The van der Waals surface area contributed by atoms with Crippen molar-refractivity contribution >= 4 is 48.2 Å². The van der Waals surface area contributed by atoms with Gasteiger partial charge in [-0.15, -0.1) is 24.2 Å². The molecule has 0 bridgehead atoms. The van der Waals surface area contributed by atoms with E-state index in [1.165, 1.54) is 11.3 Å². The summed E-state index contributed by atoms with van der Waals surface area (Å²) in [5.41, 5.74) is 0. The maximum Gasteiger partial charge on any atom is 0.327 e. The number of amides is 1. The third kappa shape index (κ3) is 4.35. The molecule has 29 heavy (non-hydrogen) atoms. The Balaban J connectivity index is 0.00000240. The molecule has 4 aliphatic rings. The van der Waals surface area contributed by atoms with E-state index in [1.54, 1.807) is 11.8 Å². The minimum atomic E-state index is -0.934. The number of thioether (sulfide) groups is 1. The third-order valence-electron chi connectivity index (χ3n) is 6.22. The van der Waals surface area contributed by atoms with Crippen molar-refractivity contribution in [3.8, 4) is 0 Å². The van der Waals surface area contributed by atoms with E-state index in [9.17, 15) is 14.7 Å². The zero-order valence-electron chi connectivity index (χ0n) is 16.9. The van der Waals surface area contributed by atoms with E-state index >= 15 is 0 Å². The fourth-order valence-electron chi connectivity index (χ4n) is 4.61. The SMILES string of the molecule is CC1(C)S[C@@H]2[C@H](N=CN3CCC(CCC4=NCCN4)CC3)C(=O)N2[C@H]1C(=O)O.Cl. The number of carbonyl (C=O) groups excluding carboxylic acids is 1. The van der Waals surface area contributed by atoms with Crippen LogP contribution in [0.15, 0.2) is 9.98 Å². The number of β-lactam (4-membered cyclic amide) rings is 1. The Morgan fingerprint density at radius 3 is 2.76 bits per heavy atom. The van der Waals surface area contributed by atoms with Gasteiger partial charge in [0, 0.05) is 30.8 Å². The van der Waals surface area contributed by atoms with E-state index < -0.39 is 22.8 Å². The number of piperidine rings is 1. The number of rotatable bonds is 6. The molecule has 0 aromatic rings. The van der Waals surface area contributed by atoms with Crippen LogP contribution in [0.25, 0.3) is 0 Å². The van der Waals surface area contributed by atoms with Crippen LogP contribution >= 0.6 is 24.2 Å². The van der Waals surface area contributed by atoms with E-state index in [0.29, 0.717) is 0 Å². The van der Waals surface area contributed by atoms with Crippen molar-refractivity contribution in [1.82, 2.24) is 15.1 Å². The standard InChI is InChI=1S/C19H29N5O3S.ClH/c1-19(2)15(18(26)27)24-16(25)14(17(24)28-19)22-11-23-9-5-12(6-10-23)3-4-13-20-7-8-21-13;/h11-12,14-15,17H,3-10H2,1-2H3,(H,20,21)(H,26,27);1H/t14-,15+,17-;/m1./s1. The molecule has 0 saturated carbocycles. The van der Waals surface area contributed by atoms with Crippen molar-refractivity contribution in [3.63, 3.8) is 0 Å². The van der Waals surface area contributed by atoms with Gasteiger partial charge < -0.3 is 20.2 Å². The quantitative estimate of drug-likeness (QED) is 0.366. The molecule has 1 amide bonds. The number of aliphatic imine (C=N–C) groups is 2. The topological polar surface area (TPSA) is 97.6 Å². The summed E-state index contributed by atoms with van der Waals surface area (Å²) in [5.74, 6) is 0.787. The van der Waals surface area contributed by atoms with Gasteiger partial charge in [0.15, 0.2) is 6.04 Å². The molecule has 4 aliphatic heterocycles. The summed E-state index contributed by atoms with van der Waals surface area (Å²) in [6.45, 7) is 7.58. The number of carbonyl (C=O) groups is 2. The lowest BCUT2D eigenvalue weighted by Gasteiger charge is -2.41. The second-order valence-electron chi connectivity index (χ2n) is 8.58. The predicted molar refractivity (Wildman–Crippen MR) is 117 cm³/mol. The van der Waals surface area contributed by atoms with Crippen molar-refractivity contribution in [1.29, 1.82) is 0 Å². The van der Waals surface area contributed by atoms with Crippen molar-refractivity contribution in [2.75, 3.05) is 26.2 Å². The number of amidine groups is 1. The van der Waals surface area contributed by atoms with Crippen LogP contribution in [0.5, 0.6) is 0 Å². The van der Waals surface area contributed by atoms with E-state index in [-0.39, 0.29) is 23.7 Å². The molecule has 162 valence electrons. The molecule has 0 unspecified atom stereocenters. The molecular weight excluding hydrogens is 414 g/mol.